The van der Waals surface area contributed by atoms with Crippen LogP contribution in [0.2, 0.25) is 0 Å². The van der Waals surface area contributed by atoms with Crippen molar-refractivity contribution in [2.75, 3.05) is 0 Å². The molecule has 0 aliphatic carbocycles. The van der Waals surface area contributed by atoms with Crippen molar-refractivity contribution in [3.8, 4) is 5.82 Å². The van der Waals surface area contributed by atoms with E-state index in [4.69, 9.17) is 0 Å². The lowest BCUT2D eigenvalue weighted by Gasteiger charge is -2.03. The van der Waals surface area contributed by atoms with Gasteiger partial charge >= 0.3 is 0 Å². The topological polar surface area (TPSA) is 43.6 Å². The lowest BCUT2D eigenvalue weighted by Crippen LogP contribution is -2.03. The van der Waals surface area contributed by atoms with E-state index in [9.17, 15) is 0 Å². The fourth-order valence-corrected chi connectivity index (χ4v) is 1.59. The van der Waals surface area contributed by atoms with Gasteiger partial charge in [0.15, 0.2) is 5.82 Å². The second-order valence-electron chi connectivity index (χ2n) is 4.25. The summed E-state index contributed by atoms with van der Waals surface area (Å²) in [4.78, 5) is 8.62. The van der Waals surface area contributed by atoms with E-state index in [0.29, 0.717) is 5.92 Å². The SMILES string of the molecule is Cc1cc(-n2ccc(C(C)C)n2)nc(C)n1. The molecule has 0 N–H and O–H groups in total. The van der Waals surface area contributed by atoms with Crippen LogP contribution >= 0.6 is 0 Å². The predicted octanol–water partition coefficient (Wildman–Crippen LogP) is 2.40. The summed E-state index contributed by atoms with van der Waals surface area (Å²) in [5, 5.41) is 4.49. The number of hydrogen-bond acceptors (Lipinski definition) is 3. The van der Waals surface area contributed by atoms with Crippen LogP contribution in [0.15, 0.2) is 18.3 Å². The van der Waals surface area contributed by atoms with Gasteiger partial charge in [0.05, 0.1) is 5.69 Å². The number of hydrogen-bond donors (Lipinski definition) is 0. The highest BCUT2D eigenvalue weighted by atomic mass is 15.3. The van der Waals surface area contributed by atoms with Crippen LogP contribution in [0.25, 0.3) is 5.82 Å². The van der Waals surface area contributed by atoms with Crippen molar-refractivity contribution >= 4 is 0 Å². The first-order chi connectivity index (χ1) is 7.56. The van der Waals surface area contributed by atoms with Crippen molar-refractivity contribution in [2.45, 2.75) is 33.6 Å². The Kier molecular flexibility index (Phi) is 2.73. The molecule has 0 unspecified atom stereocenters. The van der Waals surface area contributed by atoms with Crippen LogP contribution in [0.3, 0.4) is 0 Å². The van der Waals surface area contributed by atoms with E-state index >= 15 is 0 Å². The molecule has 0 radical (unpaired) electrons. The van der Waals surface area contributed by atoms with E-state index in [1.807, 2.05) is 32.2 Å². The Morgan fingerprint density at radius 3 is 2.50 bits per heavy atom. The number of aryl methyl sites for hydroxylation is 2. The van der Waals surface area contributed by atoms with Gasteiger partial charge in [-0.15, -0.1) is 0 Å². The molecule has 16 heavy (non-hydrogen) atoms. The van der Waals surface area contributed by atoms with Gasteiger partial charge in [-0.3, -0.25) is 0 Å². The Morgan fingerprint density at radius 2 is 1.94 bits per heavy atom. The Bertz CT molecular complexity index is 479. The average molecular weight is 216 g/mol. The lowest BCUT2D eigenvalue weighted by molar-refractivity contribution is 0.751. The normalized spacial score (nSPS) is 11.1. The molecule has 2 aromatic rings. The average Bonchev–Trinajstić information content (AvgIpc) is 2.64. The molecule has 0 aliphatic heterocycles. The quantitative estimate of drug-likeness (QED) is 0.774. The van der Waals surface area contributed by atoms with Gasteiger partial charge in [0.1, 0.15) is 5.82 Å². The van der Waals surface area contributed by atoms with E-state index < -0.39 is 0 Å². The van der Waals surface area contributed by atoms with E-state index in [1.54, 1.807) is 4.68 Å². The van der Waals surface area contributed by atoms with Gasteiger partial charge in [-0.2, -0.15) is 5.10 Å². The molecule has 0 amide bonds. The van der Waals surface area contributed by atoms with Crippen LogP contribution in [0, 0.1) is 13.8 Å². The molecule has 84 valence electrons. The summed E-state index contributed by atoms with van der Waals surface area (Å²) in [5.41, 5.74) is 2.04. The monoisotopic (exact) mass is 216 g/mol. The molecule has 2 rings (SSSR count). The van der Waals surface area contributed by atoms with Crippen molar-refractivity contribution in [1.82, 2.24) is 19.7 Å². The summed E-state index contributed by atoms with van der Waals surface area (Å²) in [7, 11) is 0. The van der Waals surface area contributed by atoms with Crippen LogP contribution in [0.5, 0.6) is 0 Å². The van der Waals surface area contributed by atoms with Crippen molar-refractivity contribution < 1.29 is 0 Å². The Balaban J connectivity index is 2.42. The summed E-state index contributed by atoms with van der Waals surface area (Å²) in [6.45, 7) is 8.11. The highest BCUT2D eigenvalue weighted by Crippen LogP contribution is 2.13. The van der Waals surface area contributed by atoms with Gasteiger partial charge in [-0.05, 0) is 25.8 Å². The third kappa shape index (κ3) is 2.10. The van der Waals surface area contributed by atoms with Gasteiger partial charge in [-0.25, -0.2) is 14.6 Å². The van der Waals surface area contributed by atoms with E-state index in [0.717, 1.165) is 23.0 Å². The minimum absolute atomic E-state index is 0.435. The molecule has 2 aromatic heterocycles. The minimum atomic E-state index is 0.435. The maximum absolute atomic E-state index is 4.49. The summed E-state index contributed by atoms with van der Waals surface area (Å²) in [5.74, 6) is 2.04. The Morgan fingerprint density at radius 1 is 1.19 bits per heavy atom. The van der Waals surface area contributed by atoms with E-state index in [2.05, 4.69) is 28.9 Å². The molecule has 4 heteroatoms. The first-order valence-electron chi connectivity index (χ1n) is 5.44. The van der Waals surface area contributed by atoms with Crippen LogP contribution in [0.1, 0.15) is 37.0 Å². The Labute approximate surface area is 95.4 Å². The number of nitrogens with zero attached hydrogens (tertiary/aromatic N) is 4. The maximum atomic E-state index is 4.49. The molecular weight excluding hydrogens is 200 g/mol. The lowest BCUT2D eigenvalue weighted by atomic mass is 10.1. The molecule has 2 heterocycles. The fourth-order valence-electron chi connectivity index (χ4n) is 1.59. The van der Waals surface area contributed by atoms with E-state index in [1.165, 1.54) is 0 Å². The van der Waals surface area contributed by atoms with Crippen molar-refractivity contribution in [3.63, 3.8) is 0 Å². The number of rotatable bonds is 2. The van der Waals surface area contributed by atoms with Crippen molar-refractivity contribution in [3.05, 3.63) is 35.5 Å². The van der Waals surface area contributed by atoms with Crippen molar-refractivity contribution in [2.24, 2.45) is 0 Å². The maximum Gasteiger partial charge on any atom is 0.157 e. The molecular formula is C12H16N4. The van der Waals surface area contributed by atoms with Gasteiger partial charge in [0, 0.05) is 18.0 Å². The van der Waals surface area contributed by atoms with E-state index in [-0.39, 0.29) is 0 Å². The third-order valence-electron chi connectivity index (χ3n) is 2.39. The summed E-state index contributed by atoms with van der Waals surface area (Å²) in [6.07, 6.45) is 1.94. The largest absolute Gasteiger partial charge is 0.238 e. The van der Waals surface area contributed by atoms with Crippen molar-refractivity contribution in [1.29, 1.82) is 0 Å². The highest BCUT2D eigenvalue weighted by Gasteiger charge is 2.06. The molecule has 0 saturated carbocycles. The van der Waals surface area contributed by atoms with Gasteiger partial charge in [-0.1, -0.05) is 13.8 Å². The zero-order valence-electron chi connectivity index (χ0n) is 10.1. The zero-order chi connectivity index (χ0) is 11.7. The fraction of sp³-hybridized carbons (Fsp3) is 0.417. The predicted molar refractivity (Wildman–Crippen MR) is 62.7 cm³/mol. The van der Waals surface area contributed by atoms with Gasteiger partial charge < -0.3 is 0 Å². The van der Waals surface area contributed by atoms with Crippen LogP contribution < -0.4 is 0 Å². The molecule has 0 aromatic carbocycles. The minimum Gasteiger partial charge on any atom is -0.238 e. The number of aromatic nitrogens is 4. The summed E-state index contributed by atoms with van der Waals surface area (Å²) < 4.78 is 1.80. The molecule has 4 nitrogen and oxygen atoms in total. The molecule has 0 atom stereocenters. The van der Waals surface area contributed by atoms with Gasteiger partial charge in [0.2, 0.25) is 0 Å². The van der Waals surface area contributed by atoms with Crippen LogP contribution in [0.4, 0.5) is 0 Å². The second kappa shape index (κ2) is 4.04. The first kappa shape index (κ1) is 10.8. The third-order valence-corrected chi connectivity index (χ3v) is 2.39. The smallest absolute Gasteiger partial charge is 0.157 e. The molecule has 0 fully saturated rings. The second-order valence-corrected chi connectivity index (χ2v) is 4.25. The Hall–Kier alpha value is -1.71. The van der Waals surface area contributed by atoms with Gasteiger partial charge in [0.25, 0.3) is 0 Å². The highest BCUT2D eigenvalue weighted by molar-refractivity contribution is 5.24. The molecule has 0 bridgehead atoms. The van der Waals surface area contributed by atoms with Crippen LogP contribution in [-0.4, -0.2) is 19.7 Å². The molecule has 0 aliphatic rings. The first-order valence-corrected chi connectivity index (χ1v) is 5.44. The standard InChI is InChI=1S/C12H16N4/c1-8(2)11-5-6-16(15-11)12-7-9(3)13-10(4)14-12/h5-8H,1-4H3. The summed E-state index contributed by atoms with van der Waals surface area (Å²) in [6, 6.07) is 3.96. The summed E-state index contributed by atoms with van der Waals surface area (Å²) >= 11 is 0. The van der Waals surface area contributed by atoms with Crippen LogP contribution in [-0.2, 0) is 0 Å². The molecule has 0 spiro atoms. The zero-order valence-corrected chi connectivity index (χ0v) is 10.1. The molecule has 0 saturated heterocycles.